The van der Waals surface area contributed by atoms with E-state index in [1.165, 1.54) is 11.8 Å². The standard InChI is InChI=1S/C19H24N4O5S/c1-12(2)9-14(21-18(26)27-11-13-7-5-4-6-8-13)16(25)20-10-15(24)17-22-23-19(28-17)29-3/h4-8,12,14H,9-11H2,1-3H3,(H,20,25)(H,21,26)/t14-/m0/s1. The van der Waals surface area contributed by atoms with E-state index in [9.17, 15) is 14.4 Å². The van der Waals surface area contributed by atoms with E-state index in [0.29, 0.717) is 6.42 Å². The SMILES string of the molecule is CSc1nnc(C(=O)CNC(=O)[C@H](CC(C)C)NC(=O)OCc2ccccc2)o1. The Hall–Kier alpha value is -2.88. The quantitative estimate of drug-likeness (QED) is 0.444. The number of carbonyl (C=O) groups is 3. The Kier molecular flexibility index (Phi) is 8.66. The molecule has 1 aromatic carbocycles. The molecule has 9 nitrogen and oxygen atoms in total. The number of hydrogen-bond acceptors (Lipinski definition) is 8. The molecule has 10 heteroatoms. The fraction of sp³-hybridized carbons (Fsp3) is 0.421. The summed E-state index contributed by atoms with van der Waals surface area (Å²) in [6.45, 7) is 3.62. The minimum atomic E-state index is -0.837. The first-order valence-electron chi connectivity index (χ1n) is 9.04. The van der Waals surface area contributed by atoms with E-state index in [0.717, 1.165) is 5.56 Å². The lowest BCUT2D eigenvalue weighted by molar-refractivity contribution is -0.123. The molecule has 29 heavy (non-hydrogen) atoms. The van der Waals surface area contributed by atoms with Crippen LogP contribution in [0, 0.1) is 5.92 Å². The molecule has 2 aromatic rings. The van der Waals surface area contributed by atoms with Crippen LogP contribution in [0.25, 0.3) is 0 Å². The lowest BCUT2D eigenvalue weighted by Crippen LogP contribution is -2.48. The molecule has 0 aliphatic carbocycles. The highest BCUT2D eigenvalue weighted by Gasteiger charge is 2.24. The zero-order chi connectivity index (χ0) is 21.2. The Morgan fingerprint density at radius 1 is 1.17 bits per heavy atom. The zero-order valence-corrected chi connectivity index (χ0v) is 17.3. The predicted octanol–water partition coefficient (Wildman–Crippen LogP) is 2.43. The topological polar surface area (TPSA) is 123 Å². The second-order valence-electron chi connectivity index (χ2n) is 6.61. The molecule has 0 unspecified atom stereocenters. The molecular weight excluding hydrogens is 396 g/mol. The van der Waals surface area contributed by atoms with E-state index in [2.05, 4.69) is 20.8 Å². The van der Waals surface area contributed by atoms with Gasteiger partial charge in [-0.05, 0) is 24.2 Å². The van der Waals surface area contributed by atoms with Crippen LogP contribution < -0.4 is 10.6 Å². The van der Waals surface area contributed by atoms with Crippen molar-refractivity contribution in [3.63, 3.8) is 0 Å². The van der Waals surface area contributed by atoms with Gasteiger partial charge >= 0.3 is 6.09 Å². The van der Waals surface area contributed by atoms with Crippen molar-refractivity contribution in [2.45, 2.75) is 38.1 Å². The highest BCUT2D eigenvalue weighted by molar-refractivity contribution is 7.98. The van der Waals surface area contributed by atoms with Gasteiger partial charge in [-0.25, -0.2) is 4.79 Å². The summed E-state index contributed by atoms with van der Waals surface area (Å²) in [6.07, 6.45) is 1.42. The molecule has 0 aliphatic heterocycles. The van der Waals surface area contributed by atoms with E-state index in [1.807, 2.05) is 44.2 Å². The van der Waals surface area contributed by atoms with E-state index in [4.69, 9.17) is 9.15 Å². The highest BCUT2D eigenvalue weighted by Crippen LogP contribution is 2.12. The number of amides is 2. The molecule has 0 fully saturated rings. The molecule has 0 spiro atoms. The number of benzene rings is 1. The van der Waals surface area contributed by atoms with Crippen molar-refractivity contribution >= 4 is 29.5 Å². The summed E-state index contributed by atoms with van der Waals surface area (Å²) in [4.78, 5) is 36.6. The molecule has 2 N–H and O–H groups in total. The van der Waals surface area contributed by atoms with Crippen LogP contribution in [0.15, 0.2) is 40.0 Å². The van der Waals surface area contributed by atoms with Crippen LogP contribution in [-0.4, -0.2) is 46.8 Å². The first-order valence-corrected chi connectivity index (χ1v) is 10.3. The fourth-order valence-corrected chi connectivity index (χ4v) is 2.67. The maximum atomic E-state index is 12.5. The van der Waals surface area contributed by atoms with Gasteiger partial charge in [0.1, 0.15) is 12.6 Å². The van der Waals surface area contributed by atoms with Gasteiger partial charge in [-0.15, -0.1) is 10.2 Å². The van der Waals surface area contributed by atoms with Crippen LogP contribution in [0.2, 0.25) is 0 Å². The first-order chi connectivity index (χ1) is 13.9. The summed E-state index contributed by atoms with van der Waals surface area (Å²) < 4.78 is 10.3. The van der Waals surface area contributed by atoms with Gasteiger partial charge in [-0.3, -0.25) is 9.59 Å². The third kappa shape index (κ3) is 7.57. The van der Waals surface area contributed by atoms with Crippen molar-refractivity contribution in [1.82, 2.24) is 20.8 Å². The molecule has 0 radical (unpaired) electrons. The number of nitrogens with one attached hydrogen (secondary N) is 2. The smallest absolute Gasteiger partial charge is 0.408 e. The monoisotopic (exact) mass is 420 g/mol. The van der Waals surface area contributed by atoms with Gasteiger partial charge in [0.2, 0.25) is 11.7 Å². The van der Waals surface area contributed by atoms with Gasteiger partial charge in [0, 0.05) is 0 Å². The van der Waals surface area contributed by atoms with Crippen molar-refractivity contribution in [1.29, 1.82) is 0 Å². The van der Waals surface area contributed by atoms with E-state index in [1.54, 1.807) is 6.26 Å². The maximum absolute atomic E-state index is 12.5. The van der Waals surface area contributed by atoms with E-state index in [-0.39, 0.29) is 30.2 Å². The number of nitrogens with zero attached hydrogens (tertiary/aromatic N) is 2. The molecule has 0 saturated carbocycles. The van der Waals surface area contributed by atoms with Crippen LogP contribution in [0.4, 0.5) is 4.79 Å². The molecule has 156 valence electrons. The molecule has 0 saturated heterocycles. The molecular formula is C19H24N4O5S. The summed E-state index contributed by atoms with van der Waals surface area (Å²) >= 11 is 1.21. The molecule has 1 atom stereocenters. The van der Waals surface area contributed by atoms with Gasteiger partial charge in [0.25, 0.3) is 11.1 Å². The lowest BCUT2D eigenvalue weighted by atomic mass is 10.0. The molecule has 0 aliphatic rings. The second kappa shape index (κ2) is 11.2. The van der Waals surface area contributed by atoms with Gasteiger partial charge in [-0.1, -0.05) is 55.9 Å². The fourth-order valence-electron chi connectivity index (χ4n) is 2.38. The second-order valence-corrected chi connectivity index (χ2v) is 7.36. The Morgan fingerprint density at radius 3 is 2.52 bits per heavy atom. The van der Waals surface area contributed by atoms with Gasteiger partial charge < -0.3 is 19.8 Å². The normalized spacial score (nSPS) is 11.7. The summed E-state index contributed by atoms with van der Waals surface area (Å²) in [7, 11) is 0. The third-order valence-electron chi connectivity index (χ3n) is 3.77. The zero-order valence-electron chi connectivity index (χ0n) is 16.5. The average molecular weight is 420 g/mol. The van der Waals surface area contributed by atoms with E-state index < -0.39 is 23.8 Å². The van der Waals surface area contributed by atoms with Crippen LogP contribution >= 0.6 is 11.8 Å². The van der Waals surface area contributed by atoms with Gasteiger partial charge in [0.15, 0.2) is 0 Å². The average Bonchev–Trinajstić information content (AvgIpc) is 3.19. The third-order valence-corrected chi connectivity index (χ3v) is 4.29. The molecule has 1 heterocycles. The molecule has 2 rings (SSSR count). The van der Waals surface area contributed by atoms with Crippen LogP contribution in [0.5, 0.6) is 0 Å². The number of carbonyl (C=O) groups excluding carboxylic acids is 3. The number of ether oxygens (including phenoxy) is 1. The number of hydrogen-bond donors (Lipinski definition) is 2. The number of ketones is 1. The minimum Gasteiger partial charge on any atom is -0.445 e. The molecule has 0 bridgehead atoms. The minimum absolute atomic E-state index is 0.0934. The Balaban J connectivity index is 1.87. The predicted molar refractivity (Wildman–Crippen MR) is 106 cm³/mol. The van der Waals surface area contributed by atoms with Crippen LogP contribution in [0.3, 0.4) is 0 Å². The number of Topliss-reactive ketones (excluding diaryl/α,β-unsaturated/α-hetero) is 1. The van der Waals surface area contributed by atoms with Gasteiger partial charge in [-0.2, -0.15) is 0 Å². The van der Waals surface area contributed by atoms with Crippen LogP contribution in [0.1, 0.15) is 36.5 Å². The van der Waals surface area contributed by atoms with Crippen molar-refractivity contribution in [2.75, 3.05) is 12.8 Å². The highest BCUT2D eigenvalue weighted by atomic mass is 32.2. The molecule has 2 amide bonds. The number of aromatic nitrogens is 2. The number of thioether (sulfide) groups is 1. The lowest BCUT2D eigenvalue weighted by Gasteiger charge is -2.19. The summed E-state index contributed by atoms with van der Waals surface area (Å²) in [6, 6.07) is 8.37. The first kappa shape index (κ1) is 22.4. The Bertz CT molecular complexity index is 825. The summed E-state index contributed by atoms with van der Waals surface area (Å²) in [5.74, 6) is -1.05. The largest absolute Gasteiger partial charge is 0.445 e. The van der Waals surface area contributed by atoms with Crippen molar-refractivity contribution < 1.29 is 23.5 Å². The summed E-state index contributed by atoms with van der Waals surface area (Å²) in [5.41, 5.74) is 0.835. The summed E-state index contributed by atoms with van der Waals surface area (Å²) in [5, 5.41) is 12.6. The Labute approximate surface area is 173 Å². The molecule has 1 aromatic heterocycles. The Morgan fingerprint density at radius 2 is 1.90 bits per heavy atom. The van der Waals surface area contributed by atoms with E-state index >= 15 is 0 Å². The van der Waals surface area contributed by atoms with Crippen LogP contribution in [-0.2, 0) is 16.1 Å². The van der Waals surface area contributed by atoms with Crippen molar-refractivity contribution in [2.24, 2.45) is 5.92 Å². The van der Waals surface area contributed by atoms with Crippen molar-refractivity contribution in [3.8, 4) is 0 Å². The van der Waals surface area contributed by atoms with Crippen molar-refractivity contribution in [3.05, 3.63) is 41.8 Å². The maximum Gasteiger partial charge on any atom is 0.408 e. The number of alkyl carbamates (subject to hydrolysis) is 1. The number of rotatable bonds is 10. The van der Waals surface area contributed by atoms with Gasteiger partial charge in [0.05, 0.1) is 6.54 Å².